The van der Waals surface area contributed by atoms with E-state index in [0.717, 1.165) is 6.42 Å². The molecule has 0 bridgehead atoms. The van der Waals surface area contributed by atoms with Crippen LogP contribution in [0.3, 0.4) is 0 Å². The van der Waals surface area contributed by atoms with Gasteiger partial charge in [0.15, 0.2) is 6.39 Å². The van der Waals surface area contributed by atoms with Crippen molar-refractivity contribution in [3.8, 4) is 0 Å². The first-order valence-corrected chi connectivity index (χ1v) is 3.18. The summed E-state index contributed by atoms with van der Waals surface area (Å²) in [5.74, 6) is 0. The molecule has 0 aliphatic rings. The molecule has 1 aromatic rings. The number of nitrogens with zero attached hydrogens (tertiary/aromatic N) is 1. The largest absolute Gasteiger partial charge is 0.451 e. The molecule has 1 aromatic heterocycles. The van der Waals surface area contributed by atoms with E-state index in [0.29, 0.717) is 11.4 Å². The van der Waals surface area contributed by atoms with E-state index < -0.39 is 0 Å². The normalized spacial score (nSPS) is 11.9. The summed E-state index contributed by atoms with van der Waals surface area (Å²) in [5, 5.41) is 0. The SMILES string of the molecule is CC/C=C(\N)c1cocn1. The van der Waals surface area contributed by atoms with Crippen LogP contribution in [0.25, 0.3) is 5.70 Å². The van der Waals surface area contributed by atoms with Gasteiger partial charge in [0.2, 0.25) is 0 Å². The average molecular weight is 138 g/mol. The van der Waals surface area contributed by atoms with E-state index in [1.165, 1.54) is 12.7 Å². The highest BCUT2D eigenvalue weighted by atomic mass is 16.3. The Kier molecular flexibility index (Phi) is 2.10. The van der Waals surface area contributed by atoms with Crippen LogP contribution < -0.4 is 5.73 Å². The van der Waals surface area contributed by atoms with Gasteiger partial charge in [0.25, 0.3) is 0 Å². The van der Waals surface area contributed by atoms with Crippen LogP contribution in [0.2, 0.25) is 0 Å². The Morgan fingerprint density at radius 1 is 1.90 bits per heavy atom. The molecule has 0 radical (unpaired) electrons. The first kappa shape index (κ1) is 6.86. The van der Waals surface area contributed by atoms with Crippen molar-refractivity contribution in [2.24, 2.45) is 5.73 Å². The second-order valence-electron chi connectivity index (χ2n) is 1.94. The van der Waals surface area contributed by atoms with Crippen LogP contribution in [0.15, 0.2) is 23.1 Å². The van der Waals surface area contributed by atoms with Crippen LogP contribution in [0.4, 0.5) is 0 Å². The minimum absolute atomic E-state index is 0.677. The summed E-state index contributed by atoms with van der Waals surface area (Å²) in [6.45, 7) is 2.02. The molecule has 1 heterocycles. The van der Waals surface area contributed by atoms with Gasteiger partial charge in [0.1, 0.15) is 12.0 Å². The molecule has 10 heavy (non-hydrogen) atoms. The van der Waals surface area contributed by atoms with Crippen molar-refractivity contribution in [3.05, 3.63) is 24.4 Å². The van der Waals surface area contributed by atoms with Crippen LogP contribution in [0, 0.1) is 0 Å². The van der Waals surface area contributed by atoms with E-state index in [2.05, 4.69) is 4.98 Å². The third-order valence-electron chi connectivity index (χ3n) is 1.15. The fourth-order valence-electron chi connectivity index (χ4n) is 0.680. The molecule has 0 amide bonds. The van der Waals surface area contributed by atoms with Gasteiger partial charge in [-0.15, -0.1) is 0 Å². The monoisotopic (exact) mass is 138 g/mol. The lowest BCUT2D eigenvalue weighted by Gasteiger charge is -1.90. The summed E-state index contributed by atoms with van der Waals surface area (Å²) in [4.78, 5) is 3.87. The smallest absolute Gasteiger partial charge is 0.181 e. The number of aromatic nitrogens is 1. The van der Waals surface area contributed by atoms with Crippen molar-refractivity contribution in [2.75, 3.05) is 0 Å². The Morgan fingerprint density at radius 2 is 2.70 bits per heavy atom. The zero-order valence-corrected chi connectivity index (χ0v) is 5.87. The molecule has 0 saturated carbocycles. The molecule has 3 nitrogen and oxygen atoms in total. The van der Waals surface area contributed by atoms with Gasteiger partial charge in [-0.25, -0.2) is 4.98 Å². The lowest BCUT2D eigenvalue weighted by molar-refractivity contribution is 0.557. The Bertz CT molecular complexity index is 214. The zero-order chi connectivity index (χ0) is 7.40. The molecular weight excluding hydrogens is 128 g/mol. The van der Waals surface area contributed by atoms with Gasteiger partial charge in [-0.1, -0.05) is 13.0 Å². The summed E-state index contributed by atoms with van der Waals surface area (Å²) < 4.78 is 4.75. The molecule has 0 saturated heterocycles. The molecule has 0 aliphatic carbocycles. The third-order valence-corrected chi connectivity index (χ3v) is 1.15. The number of oxazole rings is 1. The summed E-state index contributed by atoms with van der Waals surface area (Å²) in [6.07, 6.45) is 5.71. The van der Waals surface area contributed by atoms with Crippen LogP contribution in [0.1, 0.15) is 19.0 Å². The Labute approximate surface area is 59.6 Å². The van der Waals surface area contributed by atoms with Gasteiger partial charge < -0.3 is 10.2 Å². The van der Waals surface area contributed by atoms with Crippen LogP contribution >= 0.6 is 0 Å². The third kappa shape index (κ3) is 1.37. The fourth-order valence-corrected chi connectivity index (χ4v) is 0.680. The van der Waals surface area contributed by atoms with Crippen molar-refractivity contribution in [1.29, 1.82) is 0 Å². The minimum Gasteiger partial charge on any atom is -0.451 e. The second-order valence-corrected chi connectivity index (χ2v) is 1.94. The van der Waals surface area contributed by atoms with Gasteiger partial charge in [-0.2, -0.15) is 0 Å². The number of allylic oxidation sites excluding steroid dienone is 1. The molecule has 54 valence electrons. The van der Waals surface area contributed by atoms with E-state index in [-0.39, 0.29) is 0 Å². The Balaban J connectivity index is 2.77. The van der Waals surface area contributed by atoms with Gasteiger partial charge >= 0.3 is 0 Å². The Hall–Kier alpha value is -1.25. The number of rotatable bonds is 2. The van der Waals surface area contributed by atoms with Crippen molar-refractivity contribution in [1.82, 2.24) is 4.98 Å². The summed E-state index contributed by atoms with van der Waals surface area (Å²) >= 11 is 0. The first-order chi connectivity index (χ1) is 4.84. The van der Waals surface area contributed by atoms with Crippen LogP contribution in [-0.2, 0) is 0 Å². The molecule has 0 unspecified atom stereocenters. The molecule has 0 spiro atoms. The predicted octanol–water partition coefficient (Wildman–Crippen LogP) is 1.38. The molecule has 0 aromatic carbocycles. The molecule has 0 fully saturated rings. The Morgan fingerprint density at radius 3 is 3.20 bits per heavy atom. The maximum atomic E-state index is 5.59. The van der Waals surface area contributed by atoms with Crippen molar-refractivity contribution < 1.29 is 4.42 Å². The van der Waals surface area contributed by atoms with Crippen molar-refractivity contribution in [3.63, 3.8) is 0 Å². The average Bonchev–Trinajstić information content (AvgIpc) is 2.38. The number of hydrogen-bond donors (Lipinski definition) is 1. The van der Waals surface area contributed by atoms with E-state index in [1.807, 2.05) is 13.0 Å². The van der Waals surface area contributed by atoms with Gasteiger partial charge in [-0.3, -0.25) is 0 Å². The highest BCUT2D eigenvalue weighted by Crippen LogP contribution is 2.04. The minimum atomic E-state index is 0.677. The summed E-state index contributed by atoms with van der Waals surface area (Å²) in [7, 11) is 0. The van der Waals surface area contributed by atoms with E-state index in [9.17, 15) is 0 Å². The van der Waals surface area contributed by atoms with Gasteiger partial charge in [-0.05, 0) is 6.42 Å². The van der Waals surface area contributed by atoms with E-state index in [1.54, 1.807) is 0 Å². The molecular formula is C7H10N2O. The maximum absolute atomic E-state index is 5.59. The molecule has 0 atom stereocenters. The lowest BCUT2D eigenvalue weighted by Crippen LogP contribution is -1.95. The zero-order valence-electron chi connectivity index (χ0n) is 5.87. The standard InChI is InChI=1S/C7H10N2O/c1-2-3-6(8)7-4-10-5-9-7/h3-5H,2,8H2,1H3/b6-3-. The van der Waals surface area contributed by atoms with Gasteiger partial charge in [0.05, 0.1) is 5.70 Å². The van der Waals surface area contributed by atoms with Crippen molar-refractivity contribution in [2.45, 2.75) is 13.3 Å². The van der Waals surface area contributed by atoms with E-state index >= 15 is 0 Å². The summed E-state index contributed by atoms with van der Waals surface area (Å²) in [5.41, 5.74) is 6.98. The molecule has 2 N–H and O–H groups in total. The van der Waals surface area contributed by atoms with Crippen LogP contribution in [-0.4, -0.2) is 4.98 Å². The second kappa shape index (κ2) is 3.06. The topological polar surface area (TPSA) is 52.0 Å². The number of hydrogen-bond acceptors (Lipinski definition) is 3. The first-order valence-electron chi connectivity index (χ1n) is 3.18. The fraction of sp³-hybridized carbons (Fsp3) is 0.286. The molecule has 0 aliphatic heterocycles. The predicted molar refractivity (Wildman–Crippen MR) is 39.0 cm³/mol. The molecule has 3 heteroatoms. The van der Waals surface area contributed by atoms with Crippen LogP contribution in [0.5, 0.6) is 0 Å². The highest BCUT2D eigenvalue weighted by Gasteiger charge is 1.96. The lowest BCUT2D eigenvalue weighted by atomic mass is 10.3. The maximum Gasteiger partial charge on any atom is 0.181 e. The summed E-state index contributed by atoms with van der Waals surface area (Å²) in [6, 6.07) is 0. The number of nitrogens with two attached hydrogens (primary N) is 1. The quantitative estimate of drug-likeness (QED) is 0.671. The van der Waals surface area contributed by atoms with Gasteiger partial charge in [0, 0.05) is 0 Å². The van der Waals surface area contributed by atoms with E-state index in [4.69, 9.17) is 10.2 Å². The molecule has 1 rings (SSSR count). The highest BCUT2D eigenvalue weighted by molar-refractivity contribution is 5.57. The van der Waals surface area contributed by atoms with Crippen molar-refractivity contribution >= 4 is 5.70 Å².